The Labute approximate surface area is 195 Å². The first-order valence-electron chi connectivity index (χ1n) is 10.1. The average Bonchev–Trinajstić information content (AvgIpc) is 2.73. The van der Waals surface area contributed by atoms with Crippen LogP contribution in [0.3, 0.4) is 0 Å². The van der Waals surface area contributed by atoms with Gasteiger partial charge in [-0.15, -0.1) is 0 Å². The molecule has 0 aliphatic heterocycles. The van der Waals surface area contributed by atoms with Crippen LogP contribution in [-0.2, 0) is 15.9 Å². The van der Waals surface area contributed by atoms with Gasteiger partial charge in [-0.05, 0) is 85.8 Å². The highest BCUT2D eigenvalue weighted by Gasteiger charge is 2.26. The Balaban J connectivity index is 1.87. The van der Waals surface area contributed by atoms with Crippen molar-refractivity contribution in [1.29, 1.82) is 10.7 Å². The lowest BCUT2D eigenvalue weighted by atomic mass is 9.92. The molecule has 32 heavy (non-hydrogen) atoms. The highest BCUT2D eigenvalue weighted by molar-refractivity contribution is 9.10. The molecule has 1 amide bonds. The van der Waals surface area contributed by atoms with E-state index in [1.165, 1.54) is 7.11 Å². The van der Waals surface area contributed by atoms with Crippen molar-refractivity contribution in [3.8, 4) is 11.8 Å². The first kappa shape index (κ1) is 23.5. The van der Waals surface area contributed by atoms with E-state index in [1.54, 1.807) is 39.0 Å². The number of halogens is 1. The molecule has 1 atom stereocenters. The summed E-state index contributed by atoms with van der Waals surface area (Å²) in [6, 6.07) is 8.99. The number of pyridine rings is 1. The number of aromatic nitrogens is 1. The summed E-state index contributed by atoms with van der Waals surface area (Å²) in [7, 11) is 1.39. The number of aryl methyl sites for hydroxylation is 1. The summed E-state index contributed by atoms with van der Waals surface area (Å²) in [4.78, 5) is 16.8. The second-order valence-corrected chi connectivity index (χ2v) is 9.10. The van der Waals surface area contributed by atoms with Gasteiger partial charge < -0.3 is 14.2 Å². The third-order valence-electron chi connectivity index (χ3n) is 4.78. The lowest BCUT2D eigenvalue weighted by Gasteiger charge is -2.26. The predicted molar refractivity (Wildman–Crippen MR) is 123 cm³/mol. The summed E-state index contributed by atoms with van der Waals surface area (Å²) in [6.07, 6.45) is 1.60. The Bertz CT molecular complexity index is 1090. The van der Waals surface area contributed by atoms with Crippen molar-refractivity contribution < 1.29 is 19.0 Å². The number of carbonyl (C=O) groups excluding carboxylic acids is 1. The number of anilines is 1. The number of amides is 1. The number of rotatable bonds is 4. The molecule has 1 aliphatic rings. The lowest BCUT2D eigenvalue weighted by molar-refractivity contribution is 0.0636. The molecule has 0 radical (unpaired) electrons. The van der Waals surface area contributed by atoms with Crippen molar-refractivity contribution in [2.45, 2.75) is 51.7 Å². The predicted octanol–water partition coefficient (Wildman–Crippen LogP) is 5.49. The summed E-state index contributed by atoms with van der Waals surface area (Å²) >= 11 is 3.36. The van der Waals surface area contributed by atoms with Gasteiger partial charge in [-0.1, -0.05) is 0 Å². The van der Waals surface area contributed by atoms with E-state index >= 15 is 0 Å². The molecule has 1 aliphatic carbocycles. The second kappa shape index (κ2) is 9.57. The van der Waals surface area contributed by atoms with Gasteiger partial charge in [-0.25, -0.2) is 9.78 Å². The standard InChI is InChI=1S/C23H25BrN4O4/c1-23(2,3)32-22(29)27-17-9-8-15(11-16(17)21(26)30-4)31-18-7-5-6-13-10-14(12-25)20(24)28-19(13)18/h8-11,18,26H,5-7H2,1-4H3,(H,27,29). The molecule has 3 rings (SSSR count). The molecule has 0 fully saturated rings. The van der Waals surface area contributed by atoms with Gasteiger partial charge in [0.2, 0.25) is 5.90 Å². The number of nitriles is 1. The summed E-state index contributed by atoms with van der Waals surface area (Å²) < 4.78 is 17.1. The van der Waals surface area contributed by atoms with E-state index in [9.17, 15) is 10.1 Å². The fourth-order valence-electron chi connectivity index (χ4n) is 3.41. The fraction of sp³-hybridized carbons (Fsp3) is 0.391. The maximum atomic E-state index is 12.2. The molecule has 1 aromatic carbocycles. The normalized spacial score (nSPS) is 15.2. The first-order chi connectivity index (χ1) is 15.1. The van der Waals surface area contributed by atoms with Crippen LogP contribution in [0.1, 0.15) is 62.1 Å². The molecule has 1 unspecified atom stereocenters. The molecular weight excluding hydrogens is 476 g/mol. The number of nitrogens with zero attached hydrogens (tertiary/aromatic N) is 2. The van der Waals surface area contributed by atoms with Crippen molar-refractivity contribution in [3.05, 3.63) is 51.3 Å². The molecule has 168 valence electrons. The van der Waals surface area contributed by atoms with E-state index in [0.29, 0.717) is 27.2 Å². The van der Waals surface area contributed by atoms with E-state index in [2.05, 4.69) is 32.3 Å². The Morgan fingerprint density at radius 1 is 1.34 bits per heavy atom. The Morgan fingerprint density at radius 3 is 2.75 bits per heavy atom. The van der Waals surface area contributed by atoms with Crippen LogP contribution in [-0.4, -0.2) is 29.7 Å². The van der Waals surface area contributed by atoms with Crippen LogP contribution in [0.5, 0.6) is 5.75 Å². The summed E-state index contributed by atoms with van der Waals surface area (Å²) in [5, 5.41) is 20.0. The van der Waals surface area contributed by atoms with Gasteiger partial charge in [0.25, 0.3) is 0 Å². The van der Waals surface area contributed by atoms with Crippen molar-refractivity contribution in [2.75, 3.05) is 12.4 Å². The van der Waals surface area contributed by atoms with E-state index in [4.69, 9.17) is 19.6 Å². The number of fused-ring (bicyclic) bond motifs is 1. The molecule has 2 aromatic rings. The number of hydrogen-bond acceptors (Lipinski definition) is 7. The number of methoxy groups -OCH3 is 1. The molecule has 2 N–H and O–H groups in total. The van der Waals surface area contributed by atoms with Crippen molar-refractivity contribution in [3.63, 3.8) is 0 Å². The monoisotopic (exact) mass is 500 g/mol. The Kier molecular flexibility index (Phi) is 7.04. The maximum absolute atomic E-state index is 12.2. The summed E-state index contributed by atoms with van der Waals surface area (Å²) in [6.45, 7) is 5.32. The van der Waals surface area contributed by atoms with Crippen LogP contribution in [0.2, 0.25) is 0 Å². The maximum Gasteiger partial charge on any atom is 0.412 e. The highest BCUT2D eigenvalue weighted by atomic mass is 79.9. The topological polar surface area (TPSA) is 117 Å². The van der Waals surface area contributed by atoms with Crippen LogP contribution < -0.4 is 10.1 Å². The quantitative estimate of drug-likeness (QED) is 0.325. The molecule has 9 heteroatoms. The van der Waals surface area contributed by atoms with Gasteiger partial charge in [-0.2, -0.15) is 5.26 Å². The fourth-order valence-corrected chi connectivity index (χ4v) is 3.81. The minimum atomic E-state index is -0.650. The van der Waals surface area contributed by atoms with Crippen molar-refractivity contribution in [2.24, 2.45) is 0 Å². The van der Waals surface area contributed by atoms with Gasteiger partial charge in [-0.3, -0.25) is 10.7 Å². The highest BCUT2D eigenvalue weighted by Crippen LogP contribution is 2.35. The minimum absolute atomic E-state index is 0.120. The van der Waals surface area contributed by atoms with Crippen molar-refractivity contribution in [1.82, 2.24) is 4.98 Å². The third kappa shape index (κ3) is 5.56. The SMILES string of the molecule is COC(=N)c1cc(OC2CCCc3cc(C#N)c(Br)nc32)ccc1NC(=O)OC(C)(C)C. The van der Waals surface area contributed by atoms with Gasteiger partial charge in [0.15, 0.2) is 0 Å². The van der Waals surface area contributed by atoms with Gasteiger partial charge in [0.05, 0.1) is 29.6 Å². The van der Waals surface area contributed by atoms with Crippen LogP contribution in [0, 0.1) is 16.7 Å². The van der Waals surface area contributed by atoms with Gasteiger partial charge >= 0.3 is 6.09 Å². The minimum Gasteiger partial charge on any atom is -0.484 e. The van der Waals surface area contributed by atoms with E-state index in [1.807, 2.05) is 6.07 Å². The van der Waals surface area contributed by atoms with Crippen LogP contribution in [0.4, 0.5) is 10.5 Å². The number of hydrogen-bond donors (Lipinski definition) is 2. The van der Waals surface area contributed by atoms with E-state index < -0.39 is 11.7 Å². The zero-order valence-corrected chi connectivity index (χ0v) is 20.0. The summed E-state index contributed by atoms with van der Waals surface area (Å²) in [5.41, 5.74) is 2.37. The lowest BCUT2D eigenvalue weighted by Crippen LogP contribution is -2.27. The number of nitrogens with one attached hydrogen (secondary N) is 2. The first-order valence-corrected chi connectivity index (χ1v) is 10.9. The summed E-state index contributed by atoms with van der Waals surface area (Å²) in [5.74, 6) is 0.391. The van der Waals surface area contributed by atoms with Crippen LogP contribution in [0.15, 0.2) is 28.9 Å². The Hall–Kier alpha value is -3.12. The molecule has 0 saturated carbocycles. The number of carbonyl (C=O) groups is 1. The van der Waals surface area contributed by atoms with Crippen molar-refractivity contribution >= 4 is 33.6 Å². The average molecular weight is 501 g/mol. The zero-order valence-electron chi connectivity index (χ0n) is 18.4. The molecule has 0 spiro atoms. The zero-order chi connectivity index (χ0) is 23.5. The van der Waals surface area contributed by atoms with E-state index in [-0.39, 0.29) is 12.0 Å². The van der Waals surface area contributed by atoms with Gasteiger partial charge in [0.1, 0.15) is 28.1 Å². The molecular formula is C23H25BrN4O4. The molecule has 0 bridgehead atoms. The number of ether oxygens (including phenoxy) is 3. The molecule has 8 nitrogen and oxygen atoms in total. The number of benzene rings is 1. The van der Waals surface area contributed by atoms with Gasteiger partial charge in [0, 0.05) is 0 Å². The Morgan fingerprint density at radius 2 is 2.09 bits per heavy atom. The van der Waals surface area contributed by atoms with E-state index in [0.717, 1.165) is 30.5 Å². The largest absolute Gasteiger partial charge is 0.484 e. The van der Waals surface area contributed by atoms with Crippen LogP contribution in [0.25, 0.3) is 0 Å². The third-order valence-corrected chi connectivity index (χ3v) is 5.38. The smallest absolute Gasteiger partial charge is 0.412 e. The molecule has 1 aromatic heterocycles. The molecule has 0 saturated heterocycles. The second-order valence-electron chi connectivity index (χ2n) is 8.35. The van der Waals surface area contributed by atoms with Crippen LogP contribution >= 0.6 is 15.9 Å². The molecule has 1 heterocycles.